The average molecular weight is 584 g/mol. The van der Waals surface area contributed by atoms with Crippen molar-refractivity contribution in [2.45, 2.75) is 18.9 Å². The largest absolute Gasteiger partial charge is 0.416 e. The normalized spacial score (nSPS) is 19.2. The molecule has 0 bridgehead atoms. The van der Waals surface area contributed by atoms with E-state index in [2.05, 4.69) is 20.3 Å². The molecule has 40 heavy (non-hydrogen) atoms. The van der Waals surface area contributed by atoms with Gasteiger partial charge in [-0.3, -0.25) is 19.4 Å². The molecule has 2 fully saturated rings. The van der Waals surface area contributed by atoms with Gasteiger partial charge in [0, 0.05) is 25.0 Å². The Morgan fingerprint density at radius 1 is 1.05 bits per heavy atom. The molecule has 1 amide bonds. The third-order valence-corrected chi connectivity index (χ3v) is 7.40. The summed E-state index contributed by atoms with van der Waals surface area (Å²) in [7, 11) is 0. The lowest BCUT2D eigenvalue weighted by atomic mass is 10.0. The van der Waals surface area contributed by atoms with Gasteiger partial charge in [-0.2, -0.15) is 31.4 Å². The maximum absolute atomic E-state index is 13.6. The zero-order chi connectivity index (χ0) is 28.5. The molecule has 212 valence electrons. The van der Waals surface area contributed by atoms with Gasteiger partial charge in [-0.15, -0.1) is 0 Å². The van der Waals surface area contributed by atoms with Crippen LogP contribution in [0, 0.1) is 0 Å². The second kappa shape index (κ2) is 11.3. The molecule has 1 N–H and O–H groups in total. The predicted molar refractivity (Wildman–Crippen MR) is 139 cm³/mol. The van der Waals surface area contributed by atoms with Crippen molar-refractivity contribution in [2.75, 3.05) is 39.4 Å². The van der Waals surface area contributed by atoms with Gasteiger partial charge in [-0.1, -0.05) is 12.1 Å². The molecule has 0 radical (unpaired) electrons. The summed E-state index contributed by atoms with van der Waals surface area (Å²) in [5, 5.41) is 8.00. The van der Waals surface area contributed by atoms with Gasteiger partial charge in [0.15, 0.2) is 5.17 Å². The van der Waals surface area contributed by atoms with Gasteiger partial charge in [-0.05, 0) is 53.2 Å². The number of halogens is 6. The lowest BCUT2D eigenvalue weighted by Crippen LogP contribution is -2.37. The summed E-state index contributed by atoms with van der Waals surface area (Å²) in [6.07, 6.45) is -6.73. The summed E-state index contributed by atoms with van der Waals surface area (Å²) in [6, 6.07) is 6.63. The van der Waals surface area contributed by atoms with E-state index in [1.54, 1.807) is 24.3 Å². The number of carbonyl (C=O) groups excluding carboxylic acids is 1. The molecule has 0 aliphatic carbocycles. The highest BCUT2D eigenvalue weighted by Gasteiger charge is 2.38. The number of thioether (sulfide) groups is 1. The minimum absolute atomic E-state index is 0.121. The van der Waals surface area contributed by atoms with Crippen LogP contribution in [0.2, 0.25) is 0 Å². The summed E-state index contributed by atoms with van der Waals surface area (Å²) in [4.78, 5) is 19.6. The van der Waals surface area contributed by atoms with E-state index in [0.29, 0.717) is 52.4 Å². The molecule has 3 heterocycles. The number of benzene rings is 2. The maximum atomic E-state index is 13.6. The van der Waals surface area contributed by atoms with Crippen LogP contribution in [0.15, 0.2) is 52.5 Å². The van der Waals surface area contributed by atoms with Gasteiger partial charge in [0.2, 0.25) is 0 Å². The monoisotopic (exact) mass is 583 g/mol. The second-order valence-electron chi connectivity index (χ2n) is 9.19. The molecular weight excluding hydrogens is 560 g/mol. The highest BCUT2D eigenvalue weighted by Crippen LogP contribution is 2.38. The van der Waals surface area contributed by atoms with Crippen LogP contribution in [-0.2, 0) is 28.4 Å². The minimum atomic E-state index is -4.97. The third-order valence-electron chi connectivity index (χ3n) is 6.45. The number of carbonyl (C=O) groups is 1. The number of amidine groups is 1. The van der Waals surface area contributed by atoms with Gasteiger partial charge >= 0.3 is 12.4 Å². The molecular formula is C26H23F6N5O2S. The summed E-state index contributed by atoms with van der Waals surface area (Å²) >= 11 is 1.22. The first-order valence-electron chi connectivity index (χ1n) is 12.3. The van der Waals surface area contributed by atoms with Gasteiger partial charge in [0.1, 0.15) is 0 Å². The molecule has 0 unspecified atom stereocenters. The van der Waals surface area contributed by atoms with Crippen molar-refractivity contribution in [2.24, 2.45) is 4.99 Å². The van der Waals surface area contributed by atoms with Gasteiger partial charge in [0.05, 0.1) is 54.0 Å². The van der Waals surface area contributed by atoms with Crippen molar-refractivity contribution >= 4 is 39.8 Å². The van der Waals surface area contributed by atoms with Crippen molar-refractivity contribution in [3.05, 3.63) is 69.8 Å². The molecule has 2 aromatic carbocycles. The quantitative estimate of drug-likeness (QED) is 0.326. The Balaban J connectivity index is 1.31. The number of aromatic nitrogens is 2. The number of nitrogens with zero attached hydrogens (tertiary/aromatic N) is 4. The minimum Gasteiger partial charge on any atom is -0.379 e. The molecule has 0 saturated carbocycles. The predicted octanol–water partition coefficient (Wildman–Crippen LogP) is 5.01. The van der Waals surface area contributed by atoms with Crippen LogP contribution < -0.4 is 5.32 Å². The van der Waals surface area contributed by atoms with Crippen LogP contribution in [0.4, 0.5) is 26.3 Å². The van der Waals surface area contributed by atoms with Gasteiger partial charge < -0.3 is 10.1 Å². The molecule has 2 aliphatic heterocycles. The standard InChI is InChI=1S/C26H23F6N5O2S/c27-25(28,29)19-3-2-17(20(13-19)26(30,31)32)15-37-21-4-1-16(11-18(21)14-34-37)12-22-23(38)35-24(40-22)33-5-6-36-7-9-39-10-8-36/h1-4,11-14H,5-10,15H2,(H,33,35,38). The van der Waals surface area contributed by atoms with Crippen LogP contribution >= 0.6 is 11.8 Å². The lowest BCUT2D eigenvalue weighted by molar-refractivity contribution is -0.143. The molecule has 0 atom stereocenters. The number of rotatable bonds is 6. The van der Waals surface area contributed by atoms with Crippen LogP contribution in [-0.4, -0.2) is 65.1 Å². The number of morpholine rings is 1. The Labute approximate surface area is 228 Å². The molecule has 5 rings (SSSR count). The van der Waals surface area contributed by atoms with E-state index in [0.717, 1.165) is 25.7 Å². The number of aliphatic imine (C=N–C) groups is 1. The van der Waals surface area contributed by atoms with E-state index in [9.17, 15) is 31.1 Å². The zero-order valence-electron chi connectivity index (χ0n) is 20.8. The number of alkyl halides is 6. The Kier molecular flexibility index (Phi) is 7.93. The first-order valence-corrected chi connectivity index (χ1v) is 13.1. The van der Waals surface area contributed by atoms with E-state index >= 15 is 0 Å². The van der Waals surface area contributed by atoms with Gasteiger partial charge in [0.25, 0.3) is 5.91 Å². The van der Waals surface area contributed by atoms with E-state index in [1.807, 2.05) is 0 Å². The maximum Gasteiger partial charge on any atom is 0.416 e. The lowest BCUT2D eigenvalue weighted by Gasteiger charge is -2.25. The van der Waals surface area contributed by atoms with Crippen molar-refractivity contribution in [1.82, 2.24) is 20.0 Å². The Hall–Kier alpha value is -3.36. The SMILES string of the molecule is O=C1NC(=NCCN2CCOCC2)SC1=Cc1ccc2c(cnn2Cc2ccc(C(F)(F)F)cc2C(F)(F)F)c1. The Morgan fingerprint density at radius 3 is 2.55 bits per heavy atom. The first-order chi connectivity index (χ1) is 19.0. The van der Waals surface area contributed by atoms with Crippen LogP contribution in [0.5, 0.6) is 0 Å². The van der Waals surface area contributed by atoms with E-state index in [-0.39, 0.29) is 24.1 Å². The fourth-order valence-electron chi connectivity index (χ4n) is 4.41. The summed E-state index contributed by atoms with van der Waals surface area (Å²) in [5.41, 5.74) is -1.91. The molecule has 0 spiro atoms. The number of ether oxygens (including phenoxy) is 1. The van der Waals surface area contributed by atoms with Crippen LogP contribution in [0.25, 0.3) is 17.0 Å². The molecule has 14 heteroatoms. The second-order valence-corrected chi connectivity index (χ2v) is 10.2. The smallest absolute Gasteiger partial charge is 0.379 e. The van der Waals surface area contributed by atoms with Crippen LogP contribution in [0.3, 0.4) is 0 Å². The number of nitrogens with one attached hydrogen (secondary N) is 1. The van der Waals surface area contributed by atoms with Gasteiger partial charge in [-0.25, -0.2) is 0 Å². The molecule has 2 saturated heterocycles. The fourth-order valence-corrected chi connectivity index (χ4v) is 5.25. The fraction of sp³-hybridized carbons (Fsp3) is 0.346. The summed E-state index contributed by atoms with van der Waals surface area (Å²) in [5.74, 6) is -0.284. The molecule has 1 aromatic heterocycles. The van der Waals surface area contributed by atoms with Crippen molar-refractivity contribution < 1.29 is 35.9 Å². The number of hydrogen-bond acceptors (Lipinski definition) is 6. The summed E-state index contributed by atoms with van der Waals surface area (Å²) < 4.78 is 86.3. The number of hydrogen-bond donors (Lipinski definition) is 1. The van der Waals surface area contributed by atoms with Crippen molar-refractivity contribution in [3.8, 4) is 0 Å². The zero-order valence-corrected chi connectivity index (χ0v) is 21.7. The highest BCUT2D eigenvalue weighted by atomic mass is 32.2. The van der Waals surface area contributed by atoms with Crippen molar-refractivity contribution in [1.29, 1.82) is 0 Å². The topological polar surface area (TPSA) is 71.8 Å². The van der Waals surface area contributed by atoms with Crippen molar-refractivity contribution in [3.63, 3.8) is 0 Å². The van der Waals surface area contributed by atoms with E-state index < -0.39 is 23.5 Å². The Morgan fingerprint density at radius 2 is 1.82 bits per heavy atom. The molecule has 2 aliphatic rings. The third kappa shape index (κ3) is 6.50. The summed E-state index contributed by atoms with van der Waals surface area (Å²) in [6.45, 7) is 4.02. The highest BCUT2D eigenvalue weighted by molar-refractivity contribution is 8.18. The van der Waals surface area contributed by atoms with E-state index in [1.165, 1.54) is 22.6 Å². The van der Waals surface area contributed by atoms with Crippen LogP contribution in [0.1, 0.15) is 22.3 Å². The average Bonchev–Trinajstić information content (AvgIpc) is 3.45. The number of fused-ring (bicyclic) bond motifs is 1. The molecule has 3 aromatic rings. The number of amides is 1. The van der Waals surface area contributed by atoms with E-state index in [4.69, 9.17) is 4.74 Å². The Bertz CT molecular complexity index is 1470. The molecule has 7 nitrogen and oxygen atoms in total. The first kappa shape index (κ1) is 28.2.